The summed E-state index contributed by atoms with van der Waals surface area (Å²) in [4.78, 5) is 48.7. The third kappa shape index (κ3) is 20.3. The number of carbonyl (C=O) groups is 2. The number of hydrogen-bond acceptors (Lipinski definition) is 13. The number of para-hydroxylation sites is 7. The summed E-state index contributed by atoms with van der Waals surface area (Å²) in [7, 11) is 0. The van der Waals surface area contributed by atoms with Crippen LogP contribution in [0.3, 0.4) is 0 Å². The van der Waals surface area contributed by atoms with Gasteiger partial charge in [-0.25, -0.2) is 24.9 Å². The molecule has 0 aliphatic heterocycles. The summed E-state index contributed by atoms with van der Waals surface area (Å²) in [6.45, 7) is 0. The Morgan fingerprint density at radius 1 is 0.296 bits per heavy atom. The van der Waals surface area contributed by atoms with Crippen LogP contribution >= 0.6 is 112 Å². The van der Waals surface area contributed by atoms with Gasteiger partial charge in [0.15, 0.2) is 28.1 Å². The number of nitrogens with two attached hydrogens (primary N) is 2. The van der Waals surface area contributed by atoms with Crippen molar-refractivity contribution in [1.29, 1.82) is 0 Å². The summed E-state index contributed by atoms with van der Waals surface area (Å²) in [5.41, 5.74) is 33.1. The molecule has 14 nitrogen and oxygen atoms in total. The van der Waals surface area contributed by atoms with Crippen LogP contribution in [0.4, 0.5) is 17.1 Å². The minimum absolute atomic E-state index is 0.123. The zero-order valence-electron chi connectivity index (χ0n) is 66.0. The number of pyridine rings is 1. The van der Waals surface area contributed by atoms with E-state index in [1.165, 1.54) is 0 Å². The normalized spacial score (nSPS) is 10.8. The molecule has 0 saturated heterocycles. The van der Waals surface area contributed by atoms with Crippen molar-refractivity contribution in [3.63, 3.8) is 0 Å². The number of anilines is 3. The molecule has 5 aromatic heterocycles. The maximum atomic E-state index is 12.8. The minimum atomic E-state index is -0.169. The van der Waals surface area contributed by atoms with E-state index in [2.05, 4.69) is 151 Å². The fourth-order valence-electron chi connectivity index (χ4n) is 13.8. The predicted molar refractivity (Wildman–Crippen MR) is 531 cm³/mol. The fourth-order valence-corrected chi connectivity index (χ4v) is 17.0. The molecule has 610 valence electrons. The summed E-state index contributed by atoms with van der Waals surface area (Å²) >= 11 is 23.9. The maximum absolute atomic E-state index is 12.8. The van der Waals surface area contributed by atoms with Crippen molar-refractivity contribution in [3.8, 4) is 79.3 Å². The first kappa shape index (κ1) is 85.7. The van der Waals surface area contributed by atoms with E-state index in [0.29, 0.717) is 46.8 Å². The number of hydrogen-bond donors (Lipinski definition) is 3. The molecule has 1 amide bonds. The lowest BCUT2D eigenvalue weighted by atomic mass is 9.99. The number of nitrogen functional groups attached to an aromatic ring is 2. The van der Waals surface area contributed by atoms with Gasteiger partial charge in [-0.3, -0.25) is 9.59 Å². The number of aromatic nitrogens is 5. The van der Waals surface area contributed by atoms with E-state index in [9.17, 15) is 9.59 Å². The van der Waals surface area contributed by atoms with Crippen LogP contribution in [-0.2, 0) is 6.42 Å². The van der Waals surface area contributed by atoms with Crippen LogP contribution in [0.2, 0.25) is 0 Å². The Morgan fingerprint density at radius 3 is 1.20 bits per heavy atom. The van der Waals surface area contributed by atoms with Crippen molar-refractivity contribution < 1.29 is 27.3 Å². The third-order valence-corrected chi connectivity index (χ3v) is 24.5. The van der Waals surface area contributed by atoms with Gasteiger partial charge in [0.25, 0.3) is 5.91 Å². The lowest BCUT2D eigenvalue weighted by molar-refractivity contribution is 0.0990. The van der Waals surface area contributed by atoms with Crippen molar-refractivity contribution >= 4 is 206 Å². The SMILES string of the molecule is Brc1ccc(-c2nc3ccccc3c3c2ccc2oc(-c4ccccc4)nc23)cc1.Brc1cccc2oc(-c3ccccc3)nc12.Nc1c(Br)cccc1Br.Nc1ccccc1-c1cccc2oc(-c3ccccc3)nc12.O=C(Cc1c(Br)cccc1Br)c1ccccc1.O=C(Nc1ccccc1-c1cccc2oc(-c3ccccc3)nc12)c1ccc(Br)cc1. The van der Waals surface area contributed by atoms with Gasteiger partial charge in [-0.2, -0.15) is 0 Å². The number of nitrogens with zero attached hydrogens (tertiary/aromatic N) is 5. The molecule has 0 atom stereocenters. The molecule has 21 heteroatoms. The average Bonchev–Trinajstić information content (AvgIpc) is 1.71. The number of halogens is 7. The molecular weight excluding hydrogens is 2020 g/mol. The third-order valence-electron chi connectivity index (χ3n) is 19.9. The largest absolute Gasteiger partial charge is 0.436 e. The summed E-state index contributed by atoms with van der Waals surface area (Å²) < 4.78 is 30.4. The van der Waals surface area contributed by atoms with Gasteiger partial charge in [0.05, 0.1) is 16.9 Å². The second kappa shape index (κ2) is 40.2. The van der Waals surface area contributed by atoms with Crippen LogP contribution in [0, 0.1) is 0 Å². The van der Waals surface area contributed by atoms with Crippen molar-refractivity contribution in [2.45, 2.75) is 6.42 Å². The Labute approximate surface area is 777 Å². The highest BCUT2D eigenvalue weighted by Gasteiger charge is 2.22. The molecule has 125 heavy (non-hydrogen) atoms. The molecule has 5 N–H and O–H groups in total. The summed E-state index contributed by atoms with van der Waals surface area (Å²) in [5, 5.41) is 6.25. The van der Waals surface area contributed by atoms with E-state index in [-0.39, 0.29) is 11.7 Å². The number of carbonyl (C=O) groups excluding carboxylic acids is 2. The van der Waals surface area contributed by atoms with Crippen LogP contribution in [0.5, 0.6) is 0 Å². The van der Waals surface area contributed by atoms with Crippen molar-refractivity contribution in [2.75, 3.05) is 16.8 Å². The van der Waals surface area contributed by atoms with E-state index in [0.717, 1.165) is 170 Å². The van der Waals surface area contributed by atoms with Gasteiger partial charge >= 0.3 is 0 Å². The van der Waals surface area contributed by atoms with Crippen LogP contribution in [-0.4, -0.2) is 36.6 Å². The molecule has 21 rings (SSSR count). The quantitative estimate of drug-likeness (QED) is 0.0590. The number of oxazole rings is 4. The Balaban J connectivity index is 0.000000115. The lowest BCUT2D eigenvalue weighted by Crippen LogP contribution is -2.12. The lowest BCUT2D eigenvalue weighted by Gasteiger charge is -2.12. The zero-order valence-corrected chi connectivity index (χ0v) is 77.1. The number of rotatable bonds is 12. The molecule has 0 spiro atoms. The van der Waals surface area contributed by atoms with E-state index >= 15 is 0 Å². The van der Waals surface area contributed by atoms with Crippen LogP contribution in [0.25, 0.3) is 145 Å². The Hall–Kier alpha value is -12.8. The highest BCUT2D eigenvalue weighted by molar-refractivity contribution is 9.12. The van der Waals surface area contributed by atoms with E-state index in [1.54, 1.807) is 12.1 Å². The molecule has 5 heterocycles. The fraction of sp³-hybridized carbons (Fsp3) is 0.00962. The number of Topliss-reactive ketones (excluding diaryl/α,β-unsaturated/α-hetero) is 1. The smallest absolute Gasteiger partial charge is 0.255 e. The van der Waals surface area contributed by atoms with Crippen molar-refractivity contribution in [1.82, 2.24) is 24.9 Å². The number of ketones is 1. The Kier molecular flexibility index (Phi) is 27.6. The van der Waals surface area contributed by atoms with Crippen molar-refractivity contribution in [2.24, 2.45) is 0 Å². The number of benzene rings is 16. The van der Waals surface area contributed by atoms with E-state index < -0.39 is 0 Å². The number of nitrogens with one attached hydrogen (secondary N) is 1. The minimum Gasteiger partial charge on any atom is -0.436 e. The molecule has 0 aliphatic rings. The van der Waals surface area contributed by atoms with Crippen LogP contribution in [0.1, 0.15) is 26.3 Å². The molecule has 0 fully saturated rings. The van der Waals surface area contributed by atoms with Gasteiger partial charge in [0.1, 0.15) is 22.1 Å². The van der Waals surface area contributed by atoms with Gasteiger partial charge in [-0.1, -0.05) is 276 Å². The second-order valence-corrected chi connectivity index (χ2v) is 34.2. The summed E-state index contributed by atoms with van der Waals surface area (Å²) in [6, 6.07) is 121. The molecule has 21 aromatic rings. The standard InChI is InChI=1S/C26H17BrN2O2.C26H15BrN2O.C19H14N2O.C14H10Br2O.C13H8BrNO.C6H5Br2N/c27-19-15-13-17(14-16-19)25(30)28-22-11-5-4-9-20(22)21-10-6-12-23-24(21)29-26(31-23)18-7-2-1-3-8-18;27-18-12-10-16(11-13-18)24-20-14-15-22-25(23(20)19-8-4-5-9-21(19)28-24)29-26(30-22)17-6-2-1-3-7-17;20-16-11-5-4-9-14(16)15-10-6-12-17-18(15)21-19(22-17)13-7-2-1-3-8-13;15-12-7-4-8-13(16)11(12)9-14(17)10-5-2-1-3-6-10;14-10-7-4-8-11-12(10)15-13(16-11)9-5-2-1-3-6-9;7-4-2-1-3-5(8)6(4)9/h1-16H,(H,28,30);1-15H;1-12H,20H2;1-8H,9H2;1-8H;1-3H,9H2. The molecule has 0 aliphatic carbocycles. The van der Waals surface area contributed by atoms with Crippen LogP contribution in [0.15, 0.2) is 425 Å². The maximum Gasteiger partial charge on any atom is 0.255 e. The zero-order chi connectivity index (χ0) is 86.3. The first-order valence-corrected chi connectivity index (χ1v) is 44.7. The second-order valence-electron chi connectivity index (χ2n) is 28.1. The highest BCUT2D eigenvalue weighted by Crippen LogP contribution is 2.42. The van der Waals surface area contributed by atoms with Gasteiger partial charge < -0.3 is 34.5 Å². The molecular formula is C104H69Br7N8O6. The topological polar surface area (TPSA) is 215 Å². The van der Waals surface area contributed by atoms with Gasteiger partial charge in [-0.05, 0) is 217 Å². The van der Waals surface area contributed by atoms with Gasteiger partial charge in [-0.15, -0.1) is 0 Å². The molecule has 16 aromatic carbocycles. The molecule has 0 unspecified atom stereocenters. The van der Waals surface area contributed by atoms with Gasteiger partial charge in [0, 0.05) is 126 Å². The Bertz CT molecular complexity index is 7350. The monoisotopic (exact) mass is 2080 g/mol. The summed E-state index contributed by atoms with van der Waals surface area (Å²) in [5.74, 6) is 2.43. The Morgan fingerprint density at radius 2 is 0.688 bits per heavy atom. The first-order valence-electron chi connectivity index (χ1n) is 39.2. The highest BCUT2D eigenvalue weighted by atomic mass is 79.9. The average molecular weight is 2090 g/mol. The molecule has 0 radical (unpaired) electrons. The predicted octanol–water partition coefficient (Wildman–Crippen LogP) is 31.2. The van der Waals surface area contributed by atoms with E-state index in [4.69, 9.17) is 44.1 Å². The summed E-state index contributed by atoms with van der Waals surface area (Å²) in [6.07, 6.45) is 0.395. The van der Waals surface area contributed by atoms with Crippen LogP contribution < -0.4 is 16.8 Å². The first-order chi connectivity index (χ1) is 61.0. The number of amides is 1. The van der Waals surface area contributed by atoms with Gasteiger partial charge in [0.2, 0.25) is 23.6 Å². The molecule has 0 saturated carbocycles. The molecule has 0 bridgehead atoms. The van der Waals surface area contributed by atoms with Crippen molar-refractivity contribution in [3.05, 3.63) is 424 Å². The number of fused-ring (bicyclic) bond motifs is 8. The van der Waals surface area contributed by atoms with E-state index in [1.807, 2.05) is 340 Å².